The van der Waals surface area contributed by atoms with E-state index in [4.69, 9.17) is 10.3 Å². The summed E-state index contributed by atoms with van der Waals surface area (Å²) in [6, 6.07) is 6.29. The topological polar surface area (TPSA) is 85.2 Å². The van der Waals surface area contributed by atoms with Gasteiger partial charge in [0.15, 0.2) is 5.82 Å². The maximum atomic E-state index is 9.48. The van der Waals surface area contributed by atoms with Crippen molar-refractivity contribution in [3.63, 3.8) is 0 Å². The number of aryl methyl sites for hydroxylation is 2. The van der Waals surface area contributed by atoms with Crippen molar-refractivity contribution in [2.45, 2.75) is 26.4 Å². The van der Waals surface area contributed by atoms with Crippen LogP contribution in [-0.4, -0.2) is 21.8 Å². The largest absolute Gasteiger partial charge is 0.382 e. The second kappa shape index (κ2) is 5.29. The molecule has 1 atom stereocenters. The summed E-state index contributed by atoms with van der Waals surface area (Å²) < 4.78 is 4.96. The number of hydrogen-bond acceptors (Lipinski definition) is 5. The highest BCUT2D eigenvalue weighted by Gasteiger charge is 2.14. The van der Waals surface area contributed by atoms with E-state index >= 15 is 0 Å². The maximum absolute atomic E-state index is 9.48. The molecule has 0 aliphatic rings. The number of aliphatic hydroxyl groups is 1. The van der Waals surface area contributed by atoms with Gasteiger partial charge in [-0.2, -0.15) is 4.98 Å². The maximum Gasteiger partial charge on any atom is 0.256 e. The first-order chi connectivity index (χ1) is 8.58. The van der Waals surface area contributed by atoms with Crippen LogP contribution in [0.4, 0.5) is 0 Å². The SMILES string of the molecule is Cc1cc(C)cc(Cc2noc([C@@H](O)CN)n2)c1. The van der Waals surface area contributed by atoms with Crippen LogP contribution in [0.5, 0.6) is 0 Å². The molecular formula is C13H17N3O2. The smallest absolute Gasteiger partial charge is 0.256 e. The summed E-state index contributed by atoms with van der Waals surface area (Å²) in [6.07, 6.45) is -0.297. The Balaban J connectivity index is 2.16. The minimum absolute atomic E-state index is 0.0746. The van der Waals surface area contributed by atoms with E-state index in [0.717, 1.165) is 5.56 Å². The molecule has 3 N–H and O–H groups in total. The van der Waals surface area contributed by atoms with E-state index in [2.05, 4.69) is 42.2 Å². The van der Waals surface area contributed by atoms with Crippen LogP contribution in [-0.2, 0) is 6.42 Å². The molecule has 0 spiro atoms. The summed E-state index contributed by atoms with van der Waals surface area (Å²) in [7, 11) is 0. The summed E-state index contributed by atoms with van der Waals surface area (Å²) in [5.74, 6) is 0.736. The number of benzene rings is 1. The van der Waals surface area contributed by atoms with Gasteiger partial charge in [0.05, 0.1) is 0 Å². The molecular weight excluding hydrogens is 230 g/mol. The summed E-state index contributed by atoms with van der Waals surface area (Å²) >= 11 is 0. The highest BCUT2D eigenvalue weighted by molar-refractivity contribution is 5.30. The molecule has 5 heteroatoms. The Hall–Kier alpha value is -1.72. The molecule has 96 valence electrons. The van der Waals surface area contributed by atoms with Crippen LogP contribution in [0.3, 0.4) is 0 Å². The Bertz CT molecular complexity index is 517. The highest BCUT2D eigenvalue weighted by atomic mass is 16.5. The average Bonchev–Trinajstić information content (AvgIpc) is 2.75. The van der Waals surface area contributed by atoms with Gasteiger partial charge >= 0.3 is 0 Å². The normalized spacial score (nSPS) is 12.7. The third-order valence-electron chi connectivity index (χ3n) is 2.64. The zero-order valence-corrected chi connectivity index (χ0v) is 10.6. The van der Waals surface area contributed by atoms with Gasteiger partial charge in [0.1, 0.15) is 6.10 Å². The standard InChI is InChI=1S/C13H17N3O2/c1-8-3-9(2)5-10(4-8)6-12-15-13(18-16-12)11(17)7-14/h3-5,11,17H,6-7,14H2,1-2H3/t11-/m0/s1. The van der Waals surface area contributed by atoms with Crippen molar-refractivity contribution in [2.24, 2.45) is 5.73 Å². The van der Waals surface area contributed by atoms with E-state index < -0.39 is 6.10 Å². The number of aromatic nitrogens is 2. The second-order valence-electron chi connectivity index (χ2n) is 4.47. The Morgan fingerprint density at radius 2 is 1.94 bits per heavy atom. The summed E-state index contributed by atoms with van der Waals surface area (Å²) in [4.78, 5) is 4.13. The first-order valence-electron chi connectivity index (χ1n) is 5.86. The van der Waals surface area contributed by atoms with Crippen LogP contribution in [0.2, 0.25) is 0 Å². The van der Waals surface area contributed by atoms with Gasteiger partial charge in [-0.3, -0.25) is 0 Å². The molecule has 0 saturated heterocycles. The molecule has 5 nitrogen and oxygen atoms in total. The van der Waals surface area contributed by atoms with Crippen LogP contribution in [0.15, 0.2) is 22.7 Å². The third kappa shape index (κ3) is 2.94. The van der Waals surface area contributed by atoms with E-state index in [1.54, 1.807) is 0 Å². The minimum atomic E-state index is -0.884. The lowest BCUT2D eigenvalue weighted by molar-refractivity contribution is 0.141. The first kappa shape index (κ1) is 12.7. The molecule has 1 aromatic heterocycles. The van der Waals surface area contributed by atoms with E-state index in [1.807, 2.05) is 0 Å². The number of aliphatic hydroxyl groups excluding tert-OH is 1. The summed E-state index contributed by atoms with van der Waals surface area (Å²) in [5.41, 5.74) is 8.86. The molecule has 0 aliphatic heterocycles. The Labute approximate surface area is 106 Å². The number of nitrogens with two attached hydrogens (primary N) is 1. The lowest BCUT2D eigenvalue weighted by Gasteiger charge is -2.02. The molecule has 1 aromatic carbocycles. The van der Waals surface area contributed by atoms with Crippen molar-refractivity contribution in [2.75, 3.05) is 6.54 Å². The van der Waals surface area contributed by atoms with Gasteiger partial charge in [-0.15, -0.1) is 0 Å². The van der Waals surface area contributed by atoms with E-state index in [0.29, 0.717) is 12.2 Å². The van der Waals surface area contributed by atoms with Crippen LogP contribution >= 0.6 is 0 Å². The summed E-state index contributed by atoms with van der Waals surface area (Å²) in [5, 5.41) is 13.3. The molecule has 18 heavy (non-hydrogen) atoms. The van der Waals surface area contributed by atoms with Gasteiger partial charge in [0.2, 0.25) is 0 Å². The Kier molecular flexibility index (Phi) is 3.74. The van der Waals surface area contributed by atoms with Crippen LogP contribution in [0.25, 0.3) is 0 Å². The van der Waals surface area contributed by atoms with Crippen LogP contribution < -0.4 is 5.73 Å². The third-order valence-corrected chi connectivity index (χ3v) is 2.64. The lowest BCUT2D eigenvalue weighted by Crippen LogP contribution is -2.11. The van der Waals surface area contributed by atoms with Gasteiger partial charge in [0.25, 0.3) is 5.89 Å². The molecule has 0 bridgehead atoms. The minimum Gasteiger partial charge on any atom is -0.382 e. The van der Waals surface area contributed by atoms with Crippen LogP contribution in [0, 0.1) is 13.8 Å². The summed E-state index contributed by atoms with van der Waals surface area (Å²) in [6.45, 7) is 4.18. The van der Waals surface area contributed by atoms with Gasteiger partial charge in [-0.1, -0.05) is 34.5 Å². The van der Waals surface area contributed by atoms with Gasteiger partial charge in [-0.05, 0) is 19.4 Å². The van der Waals surface area contributed by atoms with E-state index in [-0.39, 0.29) is 12.4 Å². The van der Waals surface area contributed by atoms with Gasteiger partial charge < -0.3 is 15.4 Å². The predicted molar refractivity (Wildman–Crippen MR) is 67.0 cm³/mol. The quantitative estimate of drug-likeness (QED) is 0.849. The molecule has 0 amide bonds. The van der Waals surface area contributed by atoms with Crippen molar-refractivity contribution in [3.8, 4) is 0 Å². The van der Waals surface area contributed by atoms with Gasteiger partial charge in [-0.25, -0.2) is 0 Å². The molecule has 0 aliphatic carbocycles. The monoisotopic (exact) mass is 247 g/mol. The van der Waals surface area contributed by atoms with Crippen molar-refractivity contribution >= 4 is 0 Å². The molecule has 0 radical (unpaired) electrons. The highest BCUT2D eigenvalue weighted by Crippen LogP contribution is 2.14. The molecule has 2 rings (SSSR count). The molecule has 0 unspecified atom stereocenters. The fourth-order valence-electron chi connectivity index (χ4n) is 1.93. The van der Waals surface area contributed by atoms with E-state index in [1.165, 1.54) is 11.1 Å². The second-order valence-corrected chi connectivity index (χ2v) is 4.47. The fourth-order valence-corrected chi connectivity index (χ4v) is 1.93. The number of rotatable bonds is 4. The molecule has 2 aromatic rings. The average molecular weight is 247 g/mol. The predicted octanol–water partition coefficient (Wildman–Crippen LogP) is 1.27. The first-order valence-corrected chi connectivity index (χ1v) is 5.86. The molecule has 1 heterocycles. The number of hydrogen-bond donors (Lipinski definition) is 2. The van der Waals surface area contributed by atoms with Crippen molar-refractivity contribution in [1.29, 1.82) is 0 Å². The molecule has 0 fully saturated rings. The van der Waals surface area contributed by atoms with E-state index in [9.17, 15) is 5.11 Å². The van der Waals surface area contributed by atoms with Crippen LogP contribution in [0.1, 0.15) is 34.5 Å². The zero-order valence-electron chi connectivity index (χ0n) is 10.6. The van der Waals surface area contributed by atoms with Gasteiger partial charge in [0, 0.05) is 13.0 Å². The molecule has 0 saturated carbocycles. The van der Waals surface area contributed by atoms with Crippen molar-refractivity contribution in [3.05, 3.63) is 46.6 Å². The fraction of sp³-hybridized carbons (Fsp3) is 0.385. The number of nitrogens with zero attached hydrogens (tertiary/aromatic N) is 2. The Morgan fingerprint density at radius 3 is 2.56 bits per heavy atom. The Morgan fingerprint density at radius 1 is 1.28 bits per heavy atom. The van der Waals surface area contributed by atoms with Crippen molar-refractivity contribution < 1.29 is 9.63 Å². The zero-order chi connectivity index (χ0) is 13.1. The van der Waals surface area contributed by atoms with Crippen molar-refractivity contribution in [1.82, 2.24) is 10.1 Å². The lowest BCUT2D eigenvalue weighted by atomic mass is 10.1.